The molecule has 8 heteroatoms. The number of benzene rings is 2. The van der Waals surface area contributed by atoms with Gasteiger partial charge >= 0.3 is 0 Å². The molecule has 0 unspecified atom stereocenters. The Morgan fingerprint density at radius 3 is 2.43 bits per heavy atom. The van der Waals surface area contributed by atoms with E-state index in [2.05, 4.69) is 15.3 Å². The van der Waals surface area contributed by atoms with Crippen LogP contribution < -0.4 is 4.90 Å². The van der Waals surface area contributed by atoms with Crippen LogP contribution in [0.3, 0.4) is 0 Å². The number of hydrogen-bond acceptors (Lipinski definition) is 7. The number of aromatic nitrogens is 1. The van der Waals surface area contributed by atoms with E-state index >= 15 is 0 Å². The van der Waals surface area contributed by atoms with Crippen molar-refractivity contribution in [3.05, 3.63) is 71.6 Å². The second-order valence-electron chi connectivity index (χ2n) is 7.43. The molecule has 1 aromatic heterocycles. The molecule has 5 rings (SSSR count). The quantitative estimate of drug-likeness (QED) is 0.625. The Kier molecular flexibility index (Phi) is 4.20. The van der Waals surface area contributed by atoms with Crippen molar-refractivity contribution in [3.63, 3.8) is 0 Å². The van der Waals surface area contributed by atoms with Crippen LogP contribution >= 0.6 is 0 Å². The Morgan fingerprint density at radius 2 is 1.70 bits per heavy atom. The normalized spacial score (nSPS) is 20.3. The SMILES string of the molecule is Cc1ccc(-c2nc(CN3N=N[C@H]4C(=O)N(c5ccccc5)C(=O)[C@H]43)c(C)o2)cc1. The van der Waals surface area contributed by atoms with Gasteiger partial charge in [-0.05, 0) is 38.1 Å². The predicted molar refractivity (Wildman–Crippen MR) is 108 cm³/mol. The summed E-state index contributed by atoms with van der Waals surface area (Å²) in [6.45, 7) is 4.07. The molecular formula is C22H19N5O3. The maximum atomic E-state index is 13.0. The molecule has 2 atom stereocenters. The predicted octanol–water partition coefficient (Wildman–Crippen LogP) is 3.45. The van der Waals surface area contributed by atoms with Gasteiger partial charge in [-0.2, -0.15) is 5.11 Å². The first kappa shape index (κ1) is 18.2. The van der Waals surface area contributed by atoms with Gasteiger partial charge in [0.15, 0.2) is 12.1 Å². The molecular weight excluding hydrogens is 382 g/mol. The molecule has 0 aliphatic carbocycles. The summed E-state index contributed by atoms with van der Waals surface area (Å²) >= 11 is 0. The summed E-state index contributed by atoms with van der Waals surface area (Å²) in [5, 5.41) is 9.68. The first-order chi connectivity index (χ1) is 14.5. The van der Waals surface area contributed by atoms with Gasteiger partial charge in [-0.1, -0.05) is 41.1 Å². The lowest BCUT2D eigenvalue weighted by Crippen LogP contribution is -2.39. The van der Waals surface area contributed by atoms with Crippen LogP contribution in [0.2, 0.25) is 0 Å². The molecule has 0 N–H and O–H groups in total. The zero-order chi connectivity index (χ0) is 20.8. The summed E-state index contributed by atoms with van der Waals surface area (Å²) in [5.41, 5.74) is 3.22. The first-order valence-corrected chi connectivity index (χ1v) is 9.66. The lowest BCUT2D eigenvalue weighted by Gasteiger charge is -2.19. The fraction of sp³-hybridized carbons (Fsp3) is 0.227. The van der Waals surface area contributed by atoms with Crippen molar-refractivity contribution < 1.29 is 14.0 Å². The molecule has 8 nitrogen and oxygen atoms in total. The molecule has 0 spiro atoms. The van der Waals surface area contributed by atoms with Gasteiger partial charge in [0.2, 0.25) is 5.89 Å². The van der Waals surface area contributed by atoms with Gasteiger partial charge in [-0.3, -0.25) is 14.6 Å². The molecule has 0 bridgehead atoms. The molecule has 0 saturated carbocycles. The number of imide groups is 1. The summed E-state index contributed by atoms with van der Waals surface area (Å²) in [4.78, 5) is 31.6. The third-order valence-electron chi connectivity index (χ3n) is 5.38. The summed E-state index contributed by atoms with van der Waals surface area (Å²) < 4.78 is 5.83. The van der Waals surface area contributed by atoms with Crippen molar-refractivity contribution in [1.29, 1.82) is 0 Å². The van der Waals surface area contributed by atoms with Crippen LogP contribution in [0.4, 0.5) is 5.69 Å². The Morgan fingerprint density at radius 1 is 0.967 bits per heavy atom. The molecule has 1 saturated heterocycles. The minimum atomic E-state index is -0.832. The van der Waals surface area contributed by atoms with E-state index in [1.54, 1.807) is 24.3 Å². The van der Waals surface area contributed by atoms with Crippen LogP contribution in [0, 0.1) is 13.8 Å². The van der Waals surface area contributed by atoms with Crippen molar-refractivity contribution in [2.75, 3.05) is 4.90 Å². The van der Waals surface area contributed by atoms with Crippen LogP contribution in [0.1, 0.15) is 17.0 Å². The van der Waals surface area contributed by atoms with Crippen molar-refractivity contribution in [2.45, 2.75) is 32.5 Å². The number of oxazole rings is 1. The van der Waals surface area contributed by atoms with E-state index in [0.717, 1.165) is 11.1 Å². The Balaban J connectivity index is 1.39. The number of anilines is 1. The standard InChI is InChI=1S/C22H19N5O3/c1-13-8-10-15(11-9-13)20-23-17(14(2)30-20)12-26-19-18(24-25-26)21(28)27(22(19)29)16-6-4-3-5-7-16/h3-11,18-19H,12H2,1-2H3/t18-,19+/m1/s1. The van der Waals surface area contributed by atoms with Crippen LogP contribution in [-0.2, 0) is 16.1 Å². The van der Waals surface area contributed by atoms with Crippen molar-refractivity contribution in [3.8, 4) is 11.5 Å². The van der Waals surface area contributed by atoms with Gasteiger partial charge in [-0.25, -0.2) is 9.88 Å². The number of carbonyl (C=O) groups excluding carboxylic acids is 2. The summed E-state index contributed by atoms with van der Waals surface area (Å²) in [6, 6.07) is 15.2. The Hall–Kier alpha value is -3.81. The average molecular weight is 401 g/mol. The van der Waals surface area contributed by atoms with Crippen LogP contribution in [-0.4, -0.2) is 33.9 Å². The first-order valence-electron chi connectivity index (χ1n) is 9.66. The highest BCUT2D eigenvalue weighted by molar-refractivity contribution is 6.25. The summed E-state index contributed by atoms with van der Waals surface area (Å²) in [7, 11) is 0. The van der Waals surface area contributed by atoms with Gasteiger partial charge in [0, 0.05) is 5.56 Å². The fourth-order valence-corrected chi connectivity index (χ4v) is 3.73. The summed E-state index contributed by atoms with van der Waals surface area (Å²) in [5.74, 6) is 0.455. The second kappa shape index (κ2) is 6.91. The molecule has 30 heavy (non-hydrogen) atoms. The van der Waals surface area contributed by atoms with Gasteiger partial charge < -0.3 is 4.42 Å². The van der Waals surface area contributed by atoms with Crippen molar-refractivity contribution in [1.82, 2.24) is 9.99 Å². The lowest BCUT2D eigenvalue weighted by molar-refractivity contribution is -0.123. The van der Waals surface area contributed by atoms with Crippen LogP contribution in [0.5, 0.6) is 0 Å². The molecule has 3 aromatic rings. The summed E-state index contributed by atoms with van der Waals surface area (Å²) in [6.07, 6.45) is 0. The minimum absolute atomic E-state index is 0.230. The number of amides is 2. The zero-order valence-electron chi connectivity index (χ0n) is 16.5. The van der Waals surface area contributed by atoms with Gasteiger partial charge in [0.25, 0.3) is 11.8 Å². The van der Waals surface area contributed by atoms with Gasteiger partial charge in [0.1, 0.15) is 11.5 Å². The molecule has 2 aromatic carbocycles. The number of rotatable bonds is 4. The number of nitrogens with zero attached hydrogens (tertiary/aromatic N) is 5. The average Bonchev–Trinajstić information content (AvgIpc) is 3.40. The minimum Gasteiger partial charge on any atom is -0.441 e. The highest BCUT2D eigenvalue weighted by Crippen LogP contribution is 2.33. The molecule has 150 valence electrons. The van der Waals surface area contributed by atoms with E-state index in [9.17, 15) is 9.59 Å². The third kappa shape index (κ3) is 2.88. The number of hydrogen-bond donors (Lipinski definition) is 0. The van der Waals surface area contributed by atoms with E-state index < -0.39 is 12.1 Å². The highest BCUT2D eigenvalue weighted by Gasteiger charge is 2.54. The number of para-hydroxylation sites is 1. The van der Waals surface area contributed by atoms with E-state index in [1.165, 1.54) is 9.91 Å². The number of fused-ring (bicyclic) bond motifs is 1. The van der Waals surface area contributed by atoms with Crippen LogP contribution in [0.15, 0.2) is 69.4 Å². The largest absolute Gasteiger partial charge is 0.441 e. The smallest absolute Gasteiger partial charge is 0.263 e. The monoisotopic (exact) mass is 401 g/mol. The molecule has 2 amide bonds. The van der Waals surface area contributed by atoms with Crippen molar-refractivity contribution >= 4 is 17.5 Å². The Bertz CT molecular complexity index is 1150. The number of aryl methyl sites for hydroxylation is 2. The highest BCUT2D eigenvalue weighted by atomic mass is 16.4. The van der Waals surface area contributed by atoms with Crippen molar-refractivity contribution in [2.24, 2.45) is 10.3 Å². The van der Waals surface area contributed by atoms with Gasteiger partial charge in [-0.15, -0.1) is 0 Å². The van der Waals surface area contributed by atoms with Crippen LogP contribution in [0.25, 0.3) is 11.5 Å². The lowest BCUT2D eigenvalue weighted by atomic mass is 10.1. The molecule has 2 aliphatic heterocycles. The Labute approximate surface area is 172 Å². The van der Waals surface area contributed by atoms with Gasteiger partial charge in [0.05, 0.1) is 12.2 Å². The topological polar surface area (TPSA) is 91.4 Å². The molecule has 1 fully saturated rings. The zero-order valence-corrected chi connectivity index (χ0v) is 16.5. The second-order valence-corrected chi connectivity index (χ2v) is 7.43. The molecule has 3 heterocycles. The van der Waals surface area contributed by atoms with E-state index in [-0.39, 0.29) is 18.4 Å². The number of carbonyl (C=O) groups is 2. The maximum Gasteiger partial charge on any atom is 0.263 e. The third-order valence-corrected chi connectivity index (χ3v) is 5.38. The van der Waals surface area contributed by atoms with E-state index in [1.807, 2.05) is 44.2 Å². The maximum absolute atomic E-state index is 13.0. The van der Waals surface area contributed by atoms with E-state index in [4.69, 9.17) is 4.42 Å². The fourth-order valence-electron chi connectivity index (χ4n) is 3.73. The van der Waals surface area contributed by atoms with E-state index in [0.29, 0.717) is 23.0 Å². The molecule has 0 radical (unpaired) electrons. The molecule has 2 aliphatic rings.